The number of nitrogens with one attached hydrogen (secondary N) is 1. The molecule has 1 aliphatic carbocycles. The van der Waals surface area contributed by atoms with Crippen LogP contribution in [0.15, 0.2) is 12.1 Å². The number of anilines is 2. The maximum absolute atomic E-state index is 9.42. The molecule has 0 saturated heterocycles. The van der Waals surface area contributed by atoms with Crippen molar-refractivity contribution in [3.05, 3.63) is 12.1 Å². The number of pyridine rings is 1. The third-order valence-corrected chi connectivity index (χ3v) is 3.24. The summed E-state index contributed by atoms with van der Waals surface area (Å²) in [4.78, 5) is 4.36. The van der Waals surface area contributed by atoms with Crippen LogP contribution >= 0.6 is 0 Å². The minimum Gasteiger partial charge on any atom is -0.473 e. The van der Waals surface area contributed by atoms with Crippen molar-refractivity contribution in [2.24, 2.45) is 0 Å². The smallest absolute Gasteiger partial charge is 0.239 e. The number of aliphatic hydroxyl groups excluding tert-OH is 1. The van der Waals surface area contributed by atoms with E-state index >= 15 is 0 Å². The minimum absolute atomic E-state index is 0.0329. The van der Waals surface area contributed by atoms with Gasteiger partial charge in [-0.2, -0.15) is 4.98 Å². The summed E-state index contributed by atoms with van der Waals surface area (Å²) in [6.45, 7) is 3.99. The van der Waals surface area contributed by atoms with Crippen LogP contribution < -0.4 is 15.8 Å². The van der Waals surface area contributed by atoms with Gasteiger partial charge < -0.3 is 20.9 Å². The van der Waals surface area contributed by atoms with Gasteiger partial charge in [-0.25, -0.2) is 0 Å². The number of nitrogen functional groups attached to an aromatic ring is 1. The van der Waals surface area contributed by atoms with Gasteiger partial charge in [-0.15, -0.1) is 0 Å². The monoisotopic (exact) mass is 251 g/mol. The predicted octanol–water partition coefficient (Wildman–Crippen LogP) is 1.78. The Morgan fingerprint density at radius 2 is 2.22 bits per heavy atom. The van der Waals surface area contributed by atoms with E-state index in [0.29, 0.717) is 17.4 Å². The van der Waals surface area contributed by atoms with Crippen molar-refractivity contribution in [1.29, 1.82) is 0 Å². The van der Waals surface area contributed by atoms with Crippen molar-refractivity contribution in [1.82, 2.24) is 4.98 Å². The van der Waals surface area contributed by atoms with Crippen LogP contribution in [0, 0.1) is 0 Å². The normalized spacial score (nSPS) is 17.3. The Kier molecular flexibility index (Phi) is 3.61. The first-order chi connectivity index (χ1) is 8.54. The standard InChI is InChI=1S/C13H21N3O2/c1-9(2)18-12-10(14)4-5-11(15-12)16-13(8-17)6-3-7-13/h4-5,9,17H,3,6-8,14H2,1-2H3,(H,15,16). The lowest BCUT2D eigenvalue weighted by molar-refractivity contribution is 0.143. The molecule has 18 heavy (non-hydrogen) atoms. The van der Waals surface area contributed by atoms with E-state index in [2.05, 4.69) is 10.3 Å². The van der Waals surface area contributed by atoms with E-state index in [1.165, 1.54) is 0 Å². The van der Waals surface area contributed by atoms with Crippen molar-refractivity contribution in [2.75, 3.05) is 17.7 Å². The molecular weight excluding hydrogens is 230 g/mol. The molecule has 0 radical (unpaired) electrons. The first kappa shape index (κ1) is 13.0. The molecule has 5 heteroatoms. The lowest BCUT2D eigenvalue weighted by atomic mass is 9.77. The Morgan fingerprint density at radius 1 is 1.50 bits per heavy atom. The fourth-order valence-corrected chi connectivity index (χ4v) is 2.04. The number of rotatable bonds is 5. The van der Waals surface area contributed by atoms with Gasteiger partial charge in [0.2, 0.25) is 5.88 Å². The van der Waals surface area contributed by atoms with E-state index in [1.54, 1.807) is 6.07 Å². The van der Waals surface area contributed by atoms with Crippen LogP contribution in [0.3, 0.4) is 0 Å². The van der Waals surface area contributed by atoms with Gasteiger partial charge in [0, 0.05) is 0 Å². The zero-order valence-electron chi connectivity index (χ0n) is 10.9. The molecule has 1 aliphatic rings. The topological polar surface area (TPSA) is 80.4 Å². The van der Waals surface area contributed by atoms with Gasteiger partial charge in [0.25, 0.3) is 0 Å². The molecule has 0 amide bonds. The van der Waals surface area contributed by atoms with Crippen molar-refractivity contribution in [3.63, 3.8) is 0 Å². The molecule has 1 heterocycles. The molecule has 2 rings (SSSR count). The number of nitrogens with zero attached hydrogens (tertiary/aromatic N) is 1. The quantitative estimate of drug-likeness (QED) is 0.743. The molecule has 1 saturated carbocycles. The highest BCUT2D eigenvalue weighted by Crippen LogP contribution is 2.35. The summed E-state index contributed by atoms with van der Waals surface area (Å²) < 4.78 is 5.55. The maximum atomic E-state index is 9.42. The summed E-state index contributed by atoms with van der Waals surface area (Å²) in [5.41, 5.74) is 6.13. The van der Waals surface area contributed by atoms with Gasteiger partial charge in [-0.1, -0.05) is 0 Å². The number of hydrogen-bond donors (Lipinski definition) is 3. The molecule has 1 fully saturated rings. The Balaban J connectivity index is 2.13. The lowest BCUT2D eigenvalue weighted by Crippen LogP contribution is -2.48. The molecule has 1 aromatic heterocycles. The van der Waals surface area contributed by atoms with Crippen molar-refractivity contribution >= 4 is 11.5 Å². The SMILES string of the molecule is CC(C)Oc1nc(NC2(CO)CCC2)ccc1N. The van der Waals surface area contributed by atoms with E-state index < -0.39 is 0 Å². The summed E-state index contributed by atoms with van der Waals surface area (Å²) in [5.74, 6) is 1.15. The summed E-state index contributed by atoms with van der Waals surface area (Å²) >= 11 is 0. The van der Waals surface area contributed by atoms with E-state index in [4.69, 9.17) is 10.5 Å². The van der Waals surface area contributed by atoms with Crippen molar-refractivity contribution < 1.29 is 9.84 Å². The Hall–Kier alpha value is -1.49. The van der Waals surface area contributed by atoms with Crippen LogP contribution in [-0.2, 0) is 0 Å². The van der Waals surface area contributed by atoms with Crippen LogP contribution in [0.25, 0.3) is 0 Å². The lowest BCUT2D eigenvalue weighted by Gasteiger charge is -2.41. The van der Waals surface area contributed by atoms with Crippen molar-refractivity contribution in [2.45, 2.75) is 44.8 Å². The molecule has 4 N–H and O–H groups in total. The second-order valence-corrected chi connectivity index (χ2v) is 5.17. The third kappa shape index (κ3) is 2.67. The number of aliphatic hydroxyl groups is 1. The molecule has 0 aromatic carbocycles. The van der Waals surface area contributed by atoms with Gasteiger partial charge >= 0.3 is 0 Å². The highest BCUT2D eigenvalue weighted by Gasteiger charge is 2.36. The van der Waals surface area contributed by atoms with E-state index in [-0.39, 0.29) is 18.2 Å². The molecule has 100 valence electrons. The highest BCUT2D eigenvalue weighted by molar-refractivity contribution is 5.54. The Bertz CT molecular complexity index is 411. The Labute approximate surface area is 107 Å². The number of nitrogens with two attached hydrogens (primary N) is 1. The second-order valence-electron chi connectivity index (χ2n) is 5.17. The molecular formula is C13H21N3O2. The molecule has 0 unspecified atom stereocenters. The molecule has 5 nitrogen and oxygen atoms in total. The summed E-state index contributed by atoms with van der Waals surface area (Å²) in [6, 6.07) is 3.59. The summed E-state index contributed by atoms with van der Waals surface area (Å²) in [7, 11) is 0. The largest absolute Gasteiger partial charge is 0.473 e. The predicted molar refractivity (Wildman–Crippen MR) is 71.7 cm³/mol. The van der Waals surface area contributed by atoms with Crippen LogP contribution in [0.5, 0.6) is 5.88 Å². The first-order valence-corrected chi connectivity index (χ1v) is 6.37. The van der Waals surface area contributed by atoms with Crippen molar-refractivity contribution in [3.8, 4) is 5.88 Å². The molecule has 0 aliphatic heterocycles. The summed E-state index contributed by atoms with van der Waals surface area (Å²) in [6.07, 6.45) is 3.11. The van der Waals surface area contributed by atoms with Crippen LogP contribution in [0.1, 0.15) is 33.1 Å². The zero-order valence-corrected chi connectivity index (χ0v) is 10.9. The van der Waals surface area contributed by atoms with Crippen LogP contribution in [-0.4, -0.2) is 28.3 Å². The fraction of sp³-hybridized carbons (Fsp3) is 0.615. The highest BCUT2D eigenvalue weighted by atomic mass is 16.5. The average Bonchev–Trinajstić information content (AvgIpc) is 2.27. The zero-order chi connectivity index (χ0) is 13.2. The molecule has 0 bridgehead atoms. The number of ether oxygens (including phenoxy) is 1. The minimum atomic E-state index is -0.210. The molecule has 1 aromatic rings. The van der Waals surface area contributed by atoms with Crippen LogP contribution in [0.2, 0.25) is 0 Å². The first-order valence-electron chi connectivity index (χ1n) is 6.37. The van der Waals surface area contributed by atoms with Crippen LogP contribution in [0.4, 0.5) is 11.5 Å². The third-order valence-electron chi connectivity index (χ3n) is 3.24. The van der Waals surface area contributed by atoms with Gasteiger partial charge in [0.1, 0.15) is 5.82 Å². The van der Waals surface area contributed by atoms with E-state index in [1.807, 2.05) is 19.9 Å². The number of hydrogen-bond acceptors (Lipinski definition) is 5. The maximum Gasteiger partial charge on any atom is 0.239 e. The van der Waals surface area contributed by atoms with Gasteiger partial charge in [0.15, 0.2) is 0 Å². The van der Waals surface area contributed by atoms with E-state index in [0.717, 1.165) is 19.3 Å². The fourth-order valence-electron chi connectivity index (χ4n) is 2.04. The summed E-state index contributed by atoms with van der Waals surface area (Å²) in [5, 5.41) is 12.7. The molecule has 0 atom stereocenters. The average molecular weight is 251 g/mol. The van der Waals surface area contributed by atoms with E-state index in [9.17, 15) is 5.11 Å². The molecule has 0 spiro atoms. The van der Waals surface area contributed by atoms with Gasteiger partial charge in [-0.05, 0) is 45.2 Å². The second kappa shape index (κ2) is 5.02. The Morgan fingerprint density at radius 3 is 2.72 bits per heavy atom. The number of aromatic nitrogens is 1. The van der Waals surface area contributed by atoms with Gasteiger partial charge in [-0.3, -0.25) is 0 Å². The van der Waals surface area contributed by atoms with Gasteiger partial charge in [0.05, 0.1) is 23.9 Å².